The fraction of sp³-hybridized carbons (Fsp3) is 0.611. The topological polar surface area (TPSA) is 45.7 Å². The van der Waals surface area contributed by atoms with E-state index >= 15 is 0 Å². The summed E-state index contributed by atoms with van der Waals surface area (Å²) in [5.74, 6) is 0.850. The second-order valence-electron chi connectivity index (χ2n) is 6.09. The smallest absolute Gasteiger partial charge is 0.191 e. The van der Waals surface area contributed by atoms with Gasteiger partial charge in [-0.3, -0.25) is 4.99 Å². The first-order valence-electron chi connectivity index (χ1n) is 8.14. The van der Waals surface area contributed by atoms with Gasteiger partial charge >= 0.3 is 0 Å². The van der Waals surface area contributed by atoms with E-state index in [-0.39, 0.29) is 10.9 Å². The van der Waals surface area contributed by atoms with Crippen LogP contribution in [0.15, 0.2) is 35.3 Å². The van der Waals surface area contributed by atoms with Crippen LogP contribution >= 0.6 is 11.8 Å². The van der Waals surface area contributed by atoms with Gasteiger partial charge in [0.15, 0.2) is 5.96 Å². The highest BCUT2D eigenvalue weighted by molar-refractivity contribution is 7.99. The first-order valence-corrected chi connectivity index (χ1v) is 9.37. The molecule has 0 spiro atoms. The van der Waals surface area contributed by atoms with Crippen LogP contribution in [0.2, 0.25) is 0 Å². The summed E-state index contributed by atoms with van der Waals surface area (Å²) in [6.45, 7) is 8.99. The SMILES string of the molecule is CN=C(NCCCOC(C)c1ccccc1)NCC(C)(C)SC. The molecule has 0 amide bonds. The first kappa shape index (κ1) is 19.8. The van der Waals surface area contributed by atoms with E-state index in [0.29, 0.717) is 0 Å². The fourth-order valence-electron chi connectivity index (χ4n) is 1.95. The summed E-state index contributed by atoms with van der Waals surface area (Å²) in [7, 11) is 1.80. The molecule has 0 aliphatic heterocycles. The molecule has 23 heavy (non-hydrogen) atoms. The predicted octanol–water partition coefficient (Wildman–Crippen LogP) is 3.46. The number of benzene rings is 1. The largest absolute Gasteiger partial charge is 0.374 e. The van der Waals surface area contributed by atoms with Gasteiger partial charge in [-0.1, -0.05) is 30.3 Å². The quantitative estimate of drug-likeness (QED) is 0.411. The monoisotopic (exact) mass is 337 g/mol. The molecule has 0 aromatic heterocycles. The zero-order valence-electron chi connectivity index (χ0n) is 15.1. The fourth-order valence-corrected chi connectivity index (χ4v) is 2.17. The standard InChI is InChI=1S/C18H31N3OS/c1-15(16-10-7-6-8-11-16)22-13-9-12-20-17(19-4)21-14-18(2,3)23-5/h6-8,10-11,15H,9,12-14H2,1-5H3,(H2,19,20,21). The third-order valence-electron chi connectivity index (χ3n) is 3.71. The normalized spacial score (nSPS) is 13.7. The lowest BCUT2D eigenvalue weighted by molar-refractivity contribution is 0.0646. The van der Waals surface area contributed by atoms with Gasteiger partial charge < -0.3 is 15.4 Å². The molecule has 0 aliphatic rings. The van der Waals surface area contributed by atoms with E-state index in [9.17, 15) is 0 Å². The number of rotatable bonds is 9. The van der Waals surface area contributed by atoms with Crippen LogP contribution in [0.1, 0.15) is 38.9 Å². The molecule has 1 aromatic carbocycles. The van der Waals surface area contributed by atoms with Crippen molar-refractivity contribution in [3.8, 4) is 0 Å². The predicted molar refractivity (Wildman–Crippen MR) is 102 cm³/mol. The lowest BCUT2D eigenvalue weighted by Crippen LogP contribution is -2.43. The number of guanidine groups is 1. The van der Waals surface area contributed by atoms with Crippen molar-refractivity contribution in [1.29, 1.82) is 0 Å². The van der Waals surface area contributed by atoms with E-state index in [1.54, 1.807) is 7.05 Å². The number of nitrogens with one attached hydrogen (secondary N) is 2. The van der Waals surface area contributed by atoms with Crippen molar-refractivity contribution in [3.05, 3.63) is 35.9 Å². The van der Waals surface area contributed by atoms with Crippen LogP contribution in [0.25, 0.3) is 0 Å². The van der Waals surface area contributed by atoms with Crippen LogP contribution in [0.5, 0.6) is 0 Å². The van der Waals surface area contributed by atoms with Gasteiger partial charge in [-0.2, -0.15) is 11.8 Å². The molecule has 0 fully saturated rings. The second kappa shape index (κ2) is 10.6. The summed E-state index contributed by atoms with van der Waals surface area (Å²) < 4.78 is 6.07. The number of hydrogen-bond acceptors (Lipinski definition) is 3. The van der Waals surface area contributed by atoms with E-state index in [1.165, 1.54) is 5.56 Å². The van der Waals surface area contributed by atoms with Gasteiger partial charge in [0.05, 0.1) is 6.10 Å². The maximum atomic E-state index is 5.87. The average Bonchev–Trinajstić information content (AvgIpc) is 2.57. The summed E-state index contributed by atoms with van der Waals surface area (Å²) in [6, 6.07) is 10.3. The highest BCUT2D eigenvalue weighted by Crippen LogP contribution is 2.19. The number of hydrogen-bond donors (Lipinski definition) is 2. The minimum atomic E-state index is 0.135. The molecule has 0 saturated carbocycles. The van der Waals surface area contributed by atoms with Gasteiger partial charge in [-0.15, -0.1) is 0 Å². The third-order valence-corrected chi connectivity index (χ3v) is 4.96. The molecule has 0 radical (unpaired) electrons. The molecule has 2 N–H and O–H groups in total. The molecule has 4 nitrogen and oxygen atoms in total. The second-order valence-corrected chi connectivity index (χ2v) is 7.61. The lowest BCUT2D eigenvalue weighted by Gasteiger charge is -2.23. The Bertz CT molecular complexity index is 463. The van der Waals surface area contributed by atoms with Crippen molar-refractivity contribution < 1.29 is 4.74 Å². The zero-order chi connectivity index (χ0) is 17.1. The molecular weight excluding hydrogens is 306 g/mol. The Morgan fingerprint density at radius 3 is 2.57 bits per heavy atom. The van der Waals surface area contributed by atoms with Gasteiger partial charge in [-0.05, 0) is 39.0 Å². The van der Waals surface area contributed by atoms with Gasteiger partial charge in [-0.25, -0.2) is 0 Å². The average molecular weight is 338 g/mol. The minimum absolute atomic E-state index is 0.135. The number of nitrogens with zero attached hydrogens (tertiary/aromatic N) is 1. The van der Waals surface area contributed by atoms with Gasteiger partial charge in [0.1, 0.15) is 0 Å². The number of thioether (sulfide) groups is 1. The number of aliphatic imine (C=N–C) groups is 1. The Balaban J connectivity index is 2.18. The maximum Gasteiger partial charge on any atom is 0.191 e. The van der Waals surface area contributed by atoms with Crippen molar-refractivity contribution in [3.63, 3.8) is 0 Å². The van der Waals surface area contributed by atoms with E-state index in [4.69, 9.17) is 4.74 Å². The van der Waals surface area contributed by atoms with Crippen molar-refractivity contribution >= 4 is 17.7 Å². The maximum absolute atomic E-state index is 5.87. The molecular formula is C18H31N3OS. The van der Waals surface area contributed by atoms with Crippen molar-refractivity contribution in [1.82, 2.24) is 10.6 Å². The van der Waals surface area contributed by atoms with Crippen LogP contribution in [-0.2, 0) is 4.74 Å². The van der Waals surface area contributed by atoms with Crippen molar-refractivity contribution in [2.45, 2.75) is 38.0 Å². The molecule has 0 saturated heterocycles. The van der Waals surface area contributed by atoms with E-state index < -0.39 is 0 Å². The van der Waals surface area contributed by atoms with E-state index in [0.717, 1.165) is 32.1 Å². The third kappa shape index (κ3) is 8.28. The Labute approximate surface area is 145 Å². The number of ether oxygens (including phenoxy) is 1. The Hall–Kier alpha value is -1.20. The summed E-state index contributed by atoms with van der Waals surface area (Å²) >= 11 is 1.85. The molecule has 5 heteroatoms. The Morgan fingerprint density at radius 2 is 1.96 bits per heavy atom. The zero-order valence-corrected chi connectivity index (χ0v) is 15.9. The van der Waals surface area contributed by atoms with Crippen LogP contribution < -0.4 is 10.6 Å². The summed E-state index contributed by atoms with van der Waals surface area (Å²) in [4.78, 5) is 4.25. The highest BCUT2D eigenvalue weighted by atomic mass is 32.2. The van der Waals surface area contributed by atoms with Crippen molar-refractivity contribution in [2.24, 2.45) is 4.99 Å². The van der Waals surface area contributed by atoms with E-state index in [2.05, 4.69) is 54.8 Å². The highest BCUT2D eigenvalue weighted by Gasteiger charge is 2.15. The molecule has 1 atom stereocenters. The lowest BCUT2D eigenvalue weighted by atomic mass is 10.1. The molecule has 0 bridgehead atoms. The summed E-state index contributed by atoms with van der Waals surface area (Å²) in [6.07, 6.45) is 3.21. The van der Waals surface area contributed by atoms with Gasteiger partial charge in [0.2, 0.25) is 0 Å². The molecule has 1 rings (SSSR count). The van der Waals surface area contributed by atoms with Crippen LogP contribution in [0, 0.1) is 0 Å². The van der Waals surface area contributed by atoms with Crippen LogP contribution in [0.3, 0.4) is 0 Å². The molecule has 1 unspecified atom stereocenters. The minimum Gasteiger partial charge on any atom is -0.374 e. The Kier molecular flexibility index (Phi) is 9.10. The first-order chi connectivity index (χ1) is 11.0. The van der Waals surface area contributed by atoms with Crippen molar-refractivity contribution in [2.75, 3.05) is 33.0 Å². The molecule has 0 aliphatic carbocycles. The van der Waals surface area contributed by atoms with E-state index in [1.807, 2.05) is 30.0 Å². The Morgan fingerprint density at radius 1 is 1.26 bits per heavy atom. The van der Waals surface area contributed by atoms with Gasteiger partial charge in [0, 0.05) is 31.5 Å². The summed E-state index contributed by atoms with van der Waals surface area (Å²) in [5, 5.41) is 6.69. The van der Waals surface area contributed by atoms with Gasteiger partial charge in [0.25, 0.3) is 0 Å². The molecule has 0 heterocycles. The van der Waals surface area contributed by atoms with Crippen LogP contribution in [-0.4, -0.2) is 43.7 Å². The van der Waals surface area contributed by atoms with Crippen LogP contribution in [0.4, 0.5) is 0 Å². The summed E-state index contributed by atoms with van der Waals surface area (Å²) in [5.41, 5.74) is 1.22. The molecule has 130 valence electrons. The molecule has 1 aromatic rings.